The molecule has 0 radical (unpaired) electrons. The Hall–Kier alpha value is -0.410. The fourth-order valence-corrected chi connectivity index (χ4v) is 2.38. The van der Waals surface area contributed by atoms with Gasteiger partial charge in [-0.05, 0) is 18.4 Å². The number of rotatable bonds is 2. The van der Waals surface area contributed by atoms with E-state index >= 15 is 0 Å². The largest absolute Gasteiger partial charge is 0.327 e. The van der Waals surface area contributed by atoms with Crippen LogP contribution in [-0.4, -0.2) is 6.54 Å². The predicted molar refractivity (Wildman–Crippen MR) is 60.4 cm³/mol. The second kappa shape index (κ2) is 3.63. The van der Waals surface area contributed by atoms with Crippen LogP contribution >= 0.6 is 11.3 Å². The average Bonchev–Trinajstić information content (AvgIpc) is 2.48. The third kappa shape index (κ3) is 1.71. The van der Waals surface area contributed by atoms with Crippen molar-refractivity contribution in [2.45, 2.75) is 33.4 Å². The van der Waals surface area contributed by atoms with Crippen molar-refractivity contribution in [3.05, 3.63) is 21.9 Å². The molecule has 0 aliphatic carbocycles. The summed E-state index contributed by atoms with van der Waals surface area (Å²) in [6.45, 7) is 7.63. The van der Waals surface area contributed by atoms with Crippen LogP contribution < -0.4 is 5.73 Å². The molecular weight excluding hydrogens is 197 g/mol. The van der Waals surface area contributed by atoms with Crippen molar-refractivity contribution in [1.29, 1.82) is 0 Å². The summed E-state index contributed by atoms with van der Waals surface area (Å²) in [6, 6.07) is 1.85. The van der Waals surface area contributed by atoms with E-state index in [0.29, 0.717) is 0 Å². The van der Waals surface area contributed by atoms with E-state index in [1.807, 2.05) is 39.1 Å². The molecule has 1 aromatic rings. The molecule has 1 rings (SSSR count). The van der Waals surface area contributed by atoms with Gasteiger partial charge in [0.2, 0.25) is 0 Å². The van der Waals surface area contributed by atoms with Crippen molar-refractivity contribution in [2.75, 3.05) is 6.54 Å². The Kier molecular flexibility index (Phi) is 3.02. The highest BCUT2D eigenvalue weighted by Gasteiger charge is 2.44. The lowest BCUT2D eigenvalue weighted by atomic mass is 9.74. The number of hydrogen-bond acceptors (Lipinski definition) is 2. The summed E-state index contributed by atoms with van der Waals surface area (Å²) in [5, 5.41) is 1.92. The van der Waals surface area contributed by atoms with Crippen LogP contribution in [0.3, 0.4) is 0 Å². The molecule has 0 aliphatic heterocycles. The average molecular weight is 215 g/mol. The first-order valence-corrected chi connectivity index (χ1v) is 5.64. The van der Waals surface area contributed by atoms with Gasteiger partial charge in [0.1, 0.15) is 0 Å². The van der Waals surface area contributed by atoms with Crippen molar-refractivity contribution >= 4 is 11.3 Å². The minimum Gasteiger partial charge on any atom is -0.327 e. The Balaban J connectivity index is 3.22. The number of thiophene rings is 1. The standard InChI is InChI=1S/C11H18FNS/c1-8-9(5-6-14-8)11(12,7-13)10(2,3)4/h5-6H,7,13H2,1-4H3. The summed E-state index contributed by atoms with van der Waals surface area (Å²) in [5.74, 6) is 0. The molecule has 0 spiro atoms. The summed E-state index contributed by atoms with van der Waals surface area (Å²) in [6.07, 6.45) is 0. The lowest BCUT2D eigenvalue weighted by molar-refractivity contribution is 0.0342. The zero-order valence-corrected chi connectivity index (χ0v) is 10.0. The van der Waals surface area contributed by atoms with Gasteiger partial charge in [-0.2, -0.15) is 0 Å². The zero-order chi connectivity index (χ0) is 11.0. The molecule has 3 heteroatoms. The molecule has 0 bridgehead atoms. The number of halogens is 1. The minimum absolute atomic E-state index is 0.0358. The predicted octanol–water partition coefficient (Wildman–Crippen LogP) is 3.23. The molecule has 0 aromatic carbocycles. The number of hydrogen-bond donors (Lipinski definition) is 1. The molecule has 1 heterocycles. The van der Waals surface area contributed by atoms with Crippen LogP contribution in [-0.2, 0) is 5.67 Å². The molecule has 0 fully saturated rings. The molecule has 1 unspecified atom stereocenters. The molecule has 0 amide bonds. The molecule has 80 valence electrons. The van der Waals surface area contributed by atoms with Crippen LogP contribution in [0.4, 0.5) is 4.39 Å². The molecule has 0 saturated carbocycles. The Morgan fingerprint density at radius 3 is 2.29 bits per heavy atom. The van der Waals surface area contributed by atoms with Gasteiger partial charge < -0.3 is 5.73 Å². The lowest BCUT2D eigenvalue weighted by Gasteiger charge is -2.37. The van der Waals surface area contributed by atoms with E-state index < -0.39 is 11.1 Å². The van der Waals surface area contributed by atoms with E-state index in [9.17, 15) is 4.39 Å². The van der Waals surface area contributed by atoms with Crippen molar-refractivity contribution in [1.82, 2.24) is 0 Å². The van der Waals surface area contributed by atoms with Crippen molar-refractivity contribution in [3.8, 4) is 0 Å². The first-order chi connectivity index (χ1) is 6.33. The fourth-order valence-electron chi connectivity index (χ4n) is 1.62. The highest BCUT2D eigenvalue weighted by atomic mass is 32.1. The monoisotopic (exact) mass is 215 g/mol. The molecule has 1 atom stereocenters. The minimum atomic E-state index is -1.42. The fraction of sp³-hybridized carbons (Fsp3) is 0.636. The van der Waals surface area contributed by atoms with Gasteiger partial charge in [0.05, 0.1) is 0 Å². The van der Waals surface area contributed by atoms with Gasteiger partial charge in [0, 0.05) is 22.4 Å². The summed E-state index contributed by atoms with van der Waals surface area (Å²) in [7, 11) is 0. The Bertz CT molecular complexity index is 313. The quantitative estimate of drug-likeness (QED) is 0.805. The maximum Gasteiger partial charge on any atom is 0.153 e. The highest BCUT2D eigenvalue weighted by molar-refractivity contribution is 7.10. The third-order valence-electron chi connectivity index (χ3n) is 2.76. The van der Waals surface area contributed by atoms with Crippen molar-refractivity contribution in [3.63, 3.8) is 0 Å². The van der Waals surface area contributed by atoms with E-state index in [-0.39, 0.29) is 6.54 Å². The topological polar surface area (TPSA) is 26.0 Å². The first kappa shape index (κ1) is 11.7. The lowest BCUT2D eigenvalue weighted by Crippen LogP contribution is -2.42. The normalized spacial score (nSPS) is 16.7. The van der Waals surface area contributed by atoms with Crippen molar-refractivity contribution < 1.29 is 4.39 Å². The summed E-state index contributed by atoms with van der Waals surface area (Å²) < 4.78 is 14.7. The third-order valence-corrected chi connectivity index (χ3v) is 3.60. The summed E-state index contributed by atoms with van der Waals surface area (Å²) in [4.78, 5) is 1.02. The molecular formula is C11H18FNS. The van der Waals surface area contributed by atoms with E-state index in [4.69, 9.17) is 5.73 Å². The second-order valence-corrected chi connectivity index (χ2v) is 5.77. The van der Waals surface area contributed by atoms with Crippen LogP contribution in [0, 0.1) is 12.3 Å². The first-order valence-electron chi connectivity index (χ1n) is 4.76. The van der Waals surface area contributed by atoms with Gasteiger partial charge in [-0.1, -0.05) is 20.8 Å². The van der Waals surface area contributed by atoms with E-state index in [2.05, 4.69) is 0 Å². The molecule has 14 heavy (non-hydrogen) atoms. The van der Waals surface area contributed by atoms with Gasteiger partial charge in [-0.3, -0.25) is 0 Å². The Morgan fingerprint density at radius 2 is 2.00 bits per heavy atom. The molecule has 1 aromatic heterocycles. The van der Waals surface area contributed by atoms with Crippen LogP contribution in [0.15, 0.2) is 11.4 Å². The molecule has 0 aliphatic rings. The van der Waals surface area contributed by atoms with E-state index in [0.717, 1.165) is 10.4 Å². The molecule has 0 saturated heterocycles. The van der Waals surface area contributed by atoms with Gasteiger partial charge in [0.25, 0.3) is 0 Å². The van der Waals surface area contributed by atoms with Gasteiger partial charge in [-0.15, -0.1) is 11.3 Å². The van der Waals surface area contributed by atoms with Gasteiger partial charge in [-0.25, -0.2) is 4.39 Å². The maximum atomic E-state index is 14.7. The van der Waals surface area contributed by atoms with E-state index in [1.165, 1.54) is 0 Å². The van der Waals surface area contributed by atoms with Crippen LogP contribution in [0.2, 0.25) is 0 Å². The SMILES string of the molecule is Cc1sccc1C(F)(CN)C(C)(C)C. The summed E-state index contributed by atoms with van der Waals surface area (Å²) >= 11 is 1.57. The Labute approximate surface area is 89.1 Å². The molecule has 1 nitrogen and oxygen atoms in total. The second-order valence-electron chi connectivity index (χ2n) is 4.65. The number of nitrogens with two attached hydrogens (primary N) is 1. The van der Waals surface area contributed by atoms with Gasteiger partial charge in [0.15, 0.2) is 5.67 Å². The van der Waals surface area contributed by atoms with E-state index in [1.54, 1.807) is 11.3 Å². The highest BCUT2D eigenvalue weighted by Crippen LogP contribution is 2.44. The van der Waals surface area contributed by atoms with Crippen LogP contribution in [0.5, 0.6) is 0 Å². The maximum absolute atomic E-state index is 14.7. The molecule has 2 N–H and O–H groups in total. The smallest absolute Gasteiger partial charge is 0.153 e. The Morgan fingerprint density at radius 1 is 1.43 bits per heavy atom. The summed E-state index contributed by atoms with van der Waals surface area (Å²) in [5.41, 5.74) is 4.45. The van der Waals surface area contributed by atoms with Crippen molar-refractivity contribution in [2.24, 2.45) is 11.1 Å². The van der Waals surface area contributed by atoms with Crippen LogP contribution in [0.25, 0.3) is 0 Å². The number of alkyl halides is 1. The van der Waals surface area contributed by atoms with Gasteiger partial charge >= 0.3 is 0 Å². The van der Waals surface area contributed by atoms with Crippen LogP contribution in [0.1, 0.15) is 31.2 Å². The number of aryl methyl sites for hydroxylation is 1. The zero-order valence-electron chi connectivity index (χ0n) is 9.23.